The normalized spacial score (nSPS) is 12.5. The van der Waals surface area contributed by atoms with Gasteiger partial charge >= 0.3 is 0 Å². The molecule has 1 heterocycles. The van der Waals surface area contributed by atoms with Crippen LogP contribution in [0.2, 0.25) is 0 Å². The zero-order chi connectivity index (χ0) is 13.3. The first-order chi connectivity index (χ1) is 8.54. The van der Waals surface area contributed by atoms with E-state index in [0.29, 0.717) is 11.4 Å². The van der Waals surface area contributed by atoms with Crippen LogP contribution in [0.15, 0.2) is 33.3 Å². The van der Waals surface area contributed by atoms with Gasteiger partial charge in [-0.25, -0.2) is 0 Å². The van der Waals surface area contributed by atoms with Crippen molar-refractivity contribution in [2.24, 2.45) is 7.05 Å². The lowest BCUT2D eigenvalue weighted by Crippen LogP contribution is -2.08. The predicted molar refractivity (Wildman–Crippen MR) is 75.7 cm³/mol. The molecule has 1 atom stereocenters. The van der Waals surface area contributed by atoms with Gasteiger partial charge in [0.1, 0.15) is 11.9 Å². The van der Waals surface area contributed by atoms with Crippen molar-refractivity contribution >= 4 is 31.9 Å². The second-order valence-corrected chi connectivity index (χ2v) is 5.50. The number of methoxy groups -OCH3 is 1. The standard InChI is InChI=1S/C12H12Br2N2O2/c1-16-11(10(14)6-15-16)12(17)8-5-7(18-2)3-4-9(8)13/h3-6,12,17H,1-2H3. The Labute approximate surface area is 122 Å². The van der Waals surface area contributed by atoms with E-state index >= 15 is 0 Å². The summed E-state index contributed by atoms with van der Waals surface area (Å²) in [4.78, 5) is 0. The fourth-order valence-electron chi connectivity index (χ4n) is 1.73. The Morgan fingerprint density at radius 2 is 2.06 bits per heavy atom. The van der Waals surface area contributed by atoms with Crippen LogP contribution in [0.25, 0.3) is 0 Å². The molecular weight excluding hydrogens is 364 g/mol. The average Bonchev–Trinajstić information content (AvgIpc) is 2.69. The number of aliphatic hydroxyl groups excluding tert-OH is 1. The first-order valence-corrected chi connectivity index (χ1v) is 6.82. The van der Waals surface area contributed by atoms with Crippen LogP contribution >= 0.6 is 31.9 Å². The van der Waals surface area contributed by atoms with E-state index in [2.05, 4.69) is 37.0 Å². The van der Waals surface area contributed by atoms with Gasteiger partial charge in [0, 0.05) is 17.1 Å². The Hall–Kier alpha value is -0.850. The lowest BCUT2D eigenvalue weighted by molar-refractivity contribution is 0.207. The minimum atomic E-state index is -0.781. The first-order valence-electron chi connectivity index (χ1n) is 5.23. The lowest BCUT2D eigenvalue weighted by atomic mass is 10.1. The number of rotatable bonds is 3. The van der Waals surface area contributed by atoms with E-state index in [1.165, 1.54) is 0 Å². The van der Waals surface area contributed by atoms with Gasteiger partial charge in [0.2, 0.25) is 0 Å². The number of benzene rings is 1. The van der Waals surface area contributed by atoms with Gasteiger partial charge in [-0.3, -0.25) is 4.68 Å². The number of nitrogens with zero attached hydrogens (tertiary/aromatic N) is 2. The monoisotopic (exact) mass is 374 g/mol. The predicted octanol–water partition coefficient (Wildman–Crippen LogP) is 3.04. The van der Waals surface area contributed by atoms with Crippen LogP contribution < -0.4 is 4.74 Å². The van der Waals surface area contributed by atoms with Gasteiger partial charge in [0.25, 0.3) is 0 Å². The molecule has 4 nitrogen and oxygen atoms in total. The number of hydrogen-bond donors (Lipinski definition) is 1. The molecule has 1 N–H and O–H groups in total. The molecule has 0 saturated carbocycles. The average molecular weight is 376 g/mol. The molecule has 0 amide bonds. The molecule has 1 unspecified atom stereocenters. The maximum absolute atomic E-state index is 10.5. The number of halogens is 2. The molecule has 1 aromatic carbocycles. The third-order valence-corrected chi connectivity index (χ3v) is 4.03. The van der Waals surface area contributed by atoms with Gasteiger partial charge in [-0.15, -0.1) is 0 Å². The van der Waals surface area contributed by atoms with Crippen molar-refractivity contribution < 1.29 is 9.84 Å². The Morgan fingerprint density at radius 3 is 2.61 bits per heavy atom. The quantitative estimate of drug-likeness (QED) is 0.896. The van der Waals surface area contributed by atoms with Crippen LogP contribution in [0.3, 0.4) is 0 Å². The smallest absolute Gasteiger partial charge is 0.123 e. The molecule has 0 fully saturated rings. The summed E-state index contributed by atoms with van der Waals surface area (Å²) in [5, 5.41) is 14.6. The highest BCUT2D eigenvalue weighted by molar-refractivity contribution is 9.10. The number of aliphatic hydroxyl groups is 1. The van der Waals surface area contributed by atoms with Gasteiger partial charge in [-0.2, -0.15) is 5.10 Å². The lowest BCUT2D eigenvalue weighted by Gasteiger charge is -2.15. The molecule has 1 aromatic heterocycles. The summed E-state index contributed by atoms with van der Waals surface area (Å²) in [6, 6.07) is 5.48. The van der Waals surface area contributed by atoms with Crippen molar-refractivity contribution in [3.05, 3.63) is 44.6 Å². The minimum Gasteiger partial charge on any atom is -0.497 e. The zero-order valence-corrected chi connectivity index (χ0v) is 13.1. The fourth-order valence-corrected chi connectivity index (χ4v) is 2.76. The molecule has 2 aromatic rings. The molecule has 0 radical (unpaired) electrons. The summed E-state index contributed by atoms with van der Waals surface area (Å²) in [5.41, 5.74) is 1.43. The molecule has 0 aliphatic rings. The van der Waals surface area contributed by atoms with E-state index in [9.17, 15) is 5.11 Å². The second-order valence-electron chi connectivity index (χ2n) is 3.79. The van der Waals surface area contributed by atoms with Crippen molar-refractivity contribution in [1.82, 2.24) is 9.78 Å². The van der Waals surface area contributed by atoms with E-state index in [1.807, 2.05) is 12.1 Å². The number of hydrogen-bond acceptors (Lipinski definition) is 3. The molecule has 6 heteroatoms. The molecule has 0 spiro atoms. The summed E-state index contributed by atoms with van der Waals surface area (Å²) in [7, 11) is 3.39. The molecule has 0 saturated heterocycles. The van der Waals surface area contributed by atoms with Crippen LogP contribution in [-0.4, -0.2) is 22.0 Å². The van der Waals surface area contributed by atoms with Crippen LogP contribution in [0.4, 0.5) is 0 Å². The Bertz CT molecular complexity index is 550. The van der Waals surface area contributed by atoms with E-state index in [1.54, 1.807) is 31.1 Å². The molecule has 0 aliphatic heterocycles. The number of aryl methyl sites for hydroxylation is 1. The Balaban J connectivity index is 2.48. The molecule has 0 aliphatic carbocycles. The van der Waals surface area contributed by atoms with Crippen LogP contribution in [0, 0.1) is 0 Å². The Kier molecular flexibility index (Phi) is 4.09. The van der Waals surface area contributed by atoms with E-state index < -0.39 is 6.10 Å². The van der Waals surface area contributed by atoms with Crippen molar-refractivity contribution in [3.8, 4) is 5.75 Å². The van der Waals surface area contributed by atoms with E-state index in [0.717, 1.165) is 14.5 Å². The van der Waals surface area contributed by atoms with Crippen molar-refractivity contribution in [2.75, 3.05) is 7.11 Å². The van der Waals surface area contributed by atoms with Crippen LogP contribution in [0.5, 0.6) is 5.75 Å². The van der Waals surface area contributed by atoms with Gasteiger partial charge < -0.3 is 9.84 Å². The highest BCUT2D eigenvalue weighted by atomic mass is 79.9. The van der Waals surface area contributed by atoms with Gasteiger partial charge in [-0.05, 0) is 34.1 Å². The maximum atomic E-state index is 10.5. The highest BCUT2D eigenvalue weighted by Gasteiger charge is 2.20. The van der Waals surface area contributed by atoms with Crippen molar-refractivity contribution in [1.29, 1.82) is 0 Å². The molecule has 96 valence electrons. The van der Waals surface area contributed by atoms with E-state index in [-0.39, 0.29) is 0 Å². The zero-order valence-electron chi connectivity index (χ0n) is 9.89. The molecule has 2 rings (SSSR count). The van der Waals surface area contributed by atoms with Gasteiger partial charge in [0.05, 0.1) is 23.5 Å². The van der Waals surface area contributed by atoms with E-state index in [4.69, 9.17) is 4.74 Å². The summed E-state index contributed by atoms with van der Waals surface area (Å²) in [6.45, 7) is 0. The van der Waals surface area contributed by atoms with Crippen LogP contribution in [-0.2, 0) is 7.05 Å². The number of aromatic nitrogens is 2. The SMILES string of the molecule is COc1ccc(Br)c(C(O)c2c(Br)cnn2C)c1. The summed E-state index contributed by atoms with van der Waals surface area (Å²) < 4.78 is 8.40. The molecule has 18 heavy (non-hydrogen) atoms. The third-order valence-electron chi connectivity index (χ3n) is 2.69. The van der Waals surface area contributed by atoms with Crippen molar-refractivity contribution in [2.45, 2.75) is 6.10 Å². The van der Waals surface area contributed by atoms with Crippen LogP contribution in [0.1, 0.15) is 17.4 Å². The van der Waals surface area contributed by atoms with Crippen molar-refractivity contribution in [3.63, 3.8) is 0 Å². The molecule has 0 bridgehead atoms. The molecular formula is C12H12Br2N2O2. The second kappa shape index (κ2) is 5.42. The summed E-state index contributed by atoms with van der Waals surface area (Å²) in [5.74, 6) is 0.700. The summed E-state index contributed by atoms with van der Waals surface area (Å²) >= 11 is 6.82. The third kappa shape index (κ3) is 2.46. The minimum absolute atomic E-state index is 0.698. The maximum Gasteiger partial charge on any atom is 0.123 e. The topological polar surface area (TPSA) is 47.3 Å². The summed E-state index contributed by atoms with van der Waals surface area (Å²) in [6.07, 6.45) is 0.878. The Morgan fingerprint density at radius 1 is 1.33 bits per heavy atom. The van der Waals surface area contributed by atoms with Gasteiger partial charge in [-0.1, -0.05) is 15.9 Å². The fraction of sp³-hybridized carbons (Fsp3) is 0.250. The highest BCUT2D eigenvalue weighted by Crippen LogP contribution is 2.34. The van der Waals surface area contributed by atoms with Gasteiger partial charge in [0.15, 0.2) is 0 Å². The first kappa shape index (κ1) is 13.6. The number of ether oxygens (including phenoxy) is 1. The largest absolute Gasteiger partial charge is 0.497 e.